The summed E-state index contributed by atoms with van der Waals surface area (Å²) in [5.41, 5.74) is 6.05. The van der Waals surface area contributed by atoms with Crippen molar-refractivity contribution in [2.24, 2.45) is 5.92 Å². The molecule has 0 aliphatic heterocycles. The Morgan fingerprint density at radius 2 is 2.11 bits per heavy atom. The molecular formula is C22H20N4O. The second kappa shape index (κ2) is 6.20. The summed E-state index contributed by atoms with van der Waals surface area (Å²) in [5.74, 6) is -0.00136. The molecule has 1 amide bonds. The van der Waals surface area contributed by atoms with Crippen LogP contribution >= 0.6 is 0 Å². The Balaban J connectivity index is 1.43. The standard InChI is InChI=1S/C22H20N4O/c1-14-9-11-26-19-13-16(7-8-17(19)24-20(26)12-14)22(27)25-18-6-2-4-15-5-3-10-23-21(15)18/h2-6,9-12,16H,7-8,13H2,1H3,(H,25,27). The number of anilines is 1. The van der Waals surface area contributed by atoms with E-state index in [1.165, 1.54) is 5.56 Å². The predicted octanol–water partition coefficient (Wildman–Crippen LogP) is 3.93. The number of amides is 1. The second-order valence-corrected chi connectivity index (χ2v) is 7.25. The lowest BCUT2D eigenvalue weighted by atomic mass is 9.89. The summed E-state index contributed by atoms with van der Waals surface area (Å²) < 4.78 is 2.13. The van der Waals surface area contributed by atoms with Gasteiger partial charge in [-0.25, -0.2) is 4.98 Å². The van der Waals surface area contributed by atoms with E-state index in [9.17, 15) is 4.79 Å². The zero-order valence-corrected chi connectivity index (χ0v) is 15.1. The van der Waals surface area contributed by atoms with Crippen LogP contribution in [0, 0.1) is 12.8 Å². The molecule has 1 N–H and O–H groups in total. The average molecular weight is 356 g/mol. The van der Waals surface area contributed by atoms with Crippen molar-refractivity contribution in [2.75, 3.05) is 5.32 Å². The van der Waals surface area contributed by atoms with Crippen LogP contribution in [0.4, 0.5) is 5.69 Å². The highest BCUT2D eigenvalue weighted by atomic mass is 16.1. The van der Waals surface area contributed by atoms with Crippen molar-refractivity contribution >= 4 is 28.1 Å². The molecule has 27 heavy (non-hydrogen) atoms. The van der Waals surface area contributed by atoms with Crippen molar-refractivity contribution < 1.29 is 4.79 Å². The lowest BCUT2D eigenvalue weighted by Crippen LogP contribution is -2.28. The lowest BCUT2D eigenvalue weighted by molar-refractivity contribution is -0.120. The predicted molar refractivity (Wildman–Crippen MR) is 106 cm³/mol. The molecule has 3 aromatic heterocycles. The molecule has 5 heteroatoms. The fourth-order valence-electron chi connectivity index (χ4n) is 3.97. The maximum Gasteiger partial charge on any atom is 0.227 e. The Morgan fingerprint density at radius 1 is 1.22 bits per heavy atom. The maximum atomic E-state index is 13.0. The van der Waals surface area contributed by atoms with Gasteiger partial charge in [-0.3, -0.25) is 9.78 Å². The molecule has 0 spiro atoms. The first-order valence-electron chi connectivity index (χ1n) is 9.30. The van der Waals surface area contributed by atoms with Crippen molar-refractivity contribution in [3.63, 3.8) is 0 Å². The van der Waals surface area contributed by atoms with Gasteiger partial charge in [-0.1, -0.05) is 18.2 Å². The summed E-state index contributed by atoms with van der Waals surface area (Å²) in [6, 6.07) is 14.0. The van der Waals surface area contributed by atoms with Gasteiger partial charge in [0.2, 0.25) is 5.91 Å². The van der Waals surface area contributed by atoms with Crippen LogP contribution in [-0.2, 0) is 17.6 Å². The number of rotatable bonds is 2. The fourth-order valence-corrected chi connectivity index (χ4v) is 3.97. The topological polar surface area (TPSA) is 59.3 Å². The number of aromatic nitrogens is 3. The molecule has 0 saturated carbocycles. The van der Waals surface area contributed by atoms with Gasteiger partial charge >= 0.3 is 0 Å². The Kier molecular flexibility index (Phi) is 3.67. The third kappa shape index (κ3) is 2.76. The Labute approximate surface area is 157 Å². The number of nitrogens with zero attached hydrogens (tertiary/aromatic N) is 3. The number of hydrogen-bond donors (Lipinski definition) is 1. The van der Waals surface area contributed by atoms with Crippen LogP contribution in [-0.4, -0.2) is 20.3 Å². The van der Waals surface area contributed by atoms with E-state index in [-0.39, 0.29) is 11.8 Å². The van der Waals surface area contributed by atoms with Gasteiger partial charge in [0.1, 0.15) is 5.65 Å². The maximum absolute atomic E-state index is 13.0. The number of para-hydroxylation sites is 1. The Morgan fingerprint density at radius 3 is 3.04 bits per heavy atom. The minimum absolute atomic E-state index is 0.0564. The molecule has 5 rings (SSSR count). The highest BCUT2D eigenvalue weighted by Gasteiger charge is 2.28. The molecule has 134 valence electrons. The summed E-state index contributed by atoms with van der Waals surface area (Å²) in [6.07, 6.45) is 6.18. The Hall–Kier alpha value is -3.21. The molecule has 4 aromatic rings. The SMILES string of the molecule is Cc1ccn2c3c(nc2c1)CCC(C(=O)Nc1cccc2cccnc12)C3. The molecule has 0 fully saturated rings. The van der Waals surface area contributed by atoms with E-state index in [0.717, 1.165) is 46.5 Å². The van der Waals surface area contributed by atoms with E-state index >= 15 is 0 Å². The summed E-state index contributed by atoms with van der Waals surface area (Å²) >= 11 is 0. The number of imidazole rings is 1. The number of aryl methyl sites for hydroxylation is 2. The lowest BCUT2D eigenvalue weighted by Gasteiger charge is -2.21. The van der Waals surface area contributed by atoms with Crippen LogP contribution in [0.1, 0.15) is 23.4 Å². The minimum atomic E-state index is -0.0577. The monoisotopic (exact) mass is 356 g/mol. The summed E-state index contributed by atoms with van der Waals surface area (Å²) in [5, 5.41) is 4.13. The van der Waals surface area contributed by atoms with Crippen molar-refractivity contribution in [3.8, 4) is 0 Å². The number of benzene rings is 1. The summed E-state index contributed by atoms with van der Waals surface area (Å²) in [6.45, 7) is 2.07. The largest absolute Gasteiger partial charge is 0.324 e. The first-order valence-corrected chi connectivity index (χ1v) is 9.30. The summed E-state index contributed by atoms with van der Waals surface area (Å²) in [7, 11) is 0. The van der Waals surface area contributed by atoms with E-state index in [2.05, 4.69) is 40.0 Å². The molecule has 1 aliphatic rings. The van der Waals surface area contributed by atoms with Crippen molar-refractivity contribution in [3.05, 3.63) is 71.8 Å². The van der Waals surface area contributed by atoms with Gasteiger partial charge in [0.25, 0.3) is 0 Å². The van der Waals surface area contributed by atoms with E-state index in [0.29, 0.717) is 6.42 Å². The molecule has 0 radical (unpaired) electrons. The zero-order chi connectivity index (χ0) is 18.4. The van der Waals surface area contributed by atoms with Crippen molar-refractivity contribution in [1.82, 2.24) is 14.4 Å². The number of nitrogens with one attached hydrogen (secondary N) is 1. The normalized spacial score (nSPS) is 16.4. The number of carbonyl (C=O) groups excluding carboxylic acids is 1. The smallest absolute Gasteiger partial charge is 0.227 e. The highest BCUT2D eigenvalue weighted by molar-refractivity contribution is 6.01. The quantitative estimate of drug-likeness (QED) is 0.592. The van der Waals surface area contributed by atoms with Gasteiger partial charge in [-0.15, -0.1) is 0 Å². The molecule has 3 heterocycles. The van der Waals surface area contributed by atoms with E-state index in [1.807, 2.05) is 30.3 Å². The number of pyridine rings is 2. The van der Waals surface area contributed by atoms with Gasteiger partial charge in [-0.05, 0) is 49.6 Å². The summed E-state index contributed by atoms with van der Waals surface area (Å²) in [4.78, 5) is 22.1. The van der Waals surface area contributed by atoms with Crippen LogP contribution in [0.3, 0.4) is 0 Å². The van der Waals surface area contributed by atoms with Gasteiger partial charge in [0.15, 0.2) is 0 Å². The first kappa shape index (κ1) is 16.0. The van der Waals surface area contributed by atoms with E-state index in [1.54, 1.807) is 6.20 Å². The fraction of sp³-hybridized carbons (Fsp3) is 0.227. The molecule has 1 atom stereocenters. The molecule has 0 saturated heterocycles. The van der Waals surface area contributed by atoms with Crippen LogP contribution in [0.5, 0.6) is 0 Å². The second-order valence-electron chi connectivity index (χ2n) is 7.25. The molecule has 1 aromatic carbocycles. The van der Waals surface area contributed by atoms with E-state index < -0.39 is 0 Å². The minimum Gasteiger partial charge on any atom is -0.324 e. The van der Waals surface area contributed by atoms with Gasteiger partial charge in [0.05, 0.1) is 16.9 Å². The van der Waals surface area contributed by atoms with E-state index in [4.69, 9.17) is 4.98 Å². The van der Waals surface area contributed by atoms with Crippen LogP contribution in [0.2, 0.25) is 0 Å². The molecule has 5 nitrogen and oxygen atoms in total. The molecular weight excluding hydrogens is 336 g/mol. The van der Waals surface area contributed by atoms with Crippen LogP contribution in [0.25, 0.3) is 16.6 Å². The van der Waals surface area contributed by atoms with Gasteiger partial charge < -0.3 is 9.72 Å². The third-order valence-corrected chi connectivity index (χ3v) is 5.39. The zero-order valence-electron chi connectivity index (χ0n) is 15.1. The average Bonchev–Trinajstić information content (AvgIpc) is 3.04. The Bertz CT molecular complexity index is 1170. The van der Waals surface area contributed by atoms with Gasteiger partial charge in [-0.2, -0.15) is 0 Å². The van der Waals surface area contributed by atoms with Crippen molar-refractivity contribution in [2.45, 2.75) is 26.2 Å². The number of fused-ring (bicyclic) bond motifs is 4. The third-order valence-electron chi connectivity index (χ3n) is 5.39. The van der Waals surface area contributed by atoms with Crippen molar-refractivity contribution in [1.29, 1.82) is 0 Å². The molecule has 1 aliphatic carbocycles. The molecule has 0 bridgehead atoms. The molecule has 1 unspecified atom stereocenters. The number of carbonyl (C=O) groups is 1. The first-order chi connectivity index (χ1) is 13.2. The van der Waals surface area contributed by atoms with Crippen LogP contribution in [0.15, 0.2) is 54.9 Å². The highest BCUT2D eigenvalue weighted by Crippen LogP contribution is 2.28. The van der Waals surface area contributed by atoms with Gasteiger partial charge in [0, 0.05) is 35.8 Å². The van der Waals surface area contributed by atoms with Crippen LogP contribution < -0.4 is 5.32 Å². The number of hydrogen-bond acceptors (Lipinski definition) is 3.